The van der Waals surface area contributed by atoms with Crippen LogP contribution >= 0.6 is 11.6 Å². The molecule has 26 heavy (non-hydrogen) atoms. The molecule has 2 rings (SSSR count). The van der Waals surface area contributed by atoms with Gasteiger partial charge in [-0.25, -0.2) is 17.8 Å². The molecule has 1 atom stereocenters. The molecule has 1 aromatic heterocycles. The van der Waals surface area contributed by atoms with Crippen LogP contribution in [-0.2, 0) is 26.2 Å². The number of halogens is 2. The predicted octanol–water partition coefficient (Wildman–Crippen LogP) is 2.92. The molecule has 0 amide bonds. The van der Waals surface area contributed by atoms with Crippen molar-refractivity contribution in [2.24, 2.45) is 5.92 Å². The standard InChI is InChI=1S/C17H18ClFN2O4S/c1-11(2)16(17(22)25-10-12-7-8-15(18)20-9-12)21-26(23,24)14-6-4-3-5-13(14)19/h3-9,11,16,21H,10H2,1-2H3/t16-/m0/s1. The highest BCUT2D eigenvalue weighted by Crippen LogP contribution is 2.16. The fourth-order valence-corrected chi connectivity index (χ4v) is 3.61. The van der Waals surface area contributed by atoms with E-state index in [1.807, 2.05) is 0 Å². The van der Waals surface area contributed by atoms with Gasteiger partial charge in [-0.05, 0) is 24.1 Å². The average molecular weight is 401 g/mol. The zero-order valence-electron chi connectivity index (χ0n) is 14.1. The molecule has 0 fully saturated rings. The van der Waals surface area contributed by atoms with E-state index in [0.29, 0.717) is 10.7 Å². The monoisotopic (exact) mass is 400 g/mol. The van der Waals surface area contributed by atoms with Crippen molar-refractivity contribution in [1.29, 1.82) is 0 Å². The lowest BCUT2D eigenvalue weighted by molar-refractivity contribution is -0.148. The van der Waals surface area contributed by atoms with Crippen LogP contribution in [0.3, 0.4) is 0 Å². The maximum absolute atomic E-state index is 13.8. The Morgan fingerprint density at radius 3 is 2.54 bits per heavy atom. The second kappa shape index (κ2) is 8.57. The highest BCUT2D eigenvalue weighted by atomic mass is 35.5. The van der Waals surface area contributed by atoms with E-state index in [9.17, 15) is 17.6 Å². The molecule has 0 aliphatic rings. The minimum atomic E-state index is -4.22. The van der Waals surface area contributed by atoms with Gasteiger partial charge in [0.05, 0.1) is 0 Å². The Bertz CT molecular complexity index is 873. The van der Waals surface area contributed by atoms with Gasteiger partial charge < -0.3 is 4.74 Å². The van der Waals surface area contributed by atoms with Crippen molar-refractivity contribution in [3.63, 3.8) is 0 Å². The fraction of sp³-hybridized carbons (Fsp3) is 0.294. The van der Waals surface area contributed by atoms with Gasteiger partial charge in [0, 0.05) is 11.8 Å². The Labute approximate surface area is 156 Å². The number of aromatic nitrogens is 1. The Morgan fingerprint density at radius 2 is 1.96 bits per heavy atom. The van der Waals surface area contributed by atoms with E-state index < -0.39 is 38.7 Å². The van der Waals surface area contributed by atoms with E-state index in [-0.39, 0.29) is 6.61 Å². The zero-order valence-corrected chi connectivity index (χ0v) is 15.7. The Hall–Kier alpha value is -2.03. The second-order valence-electron chi connectivity index (χ2n) is 5.87. The summed E-state index contributed by atoms with van der Waals surface area (Å²) in [5.41, 5.74) is 0.599. The highest BCUT2D eigenvalue weighted by Gasteiger charge is 2.31. The van der Waals surface area contributed by atoms with Crippen LogP contribution in [0.5, 0.6) is 0 Å². The number of hydrogen-bond donors (Lipinski definition) is 1. The summed E-state index contributed by atoms with van der Waals surface area (Å²) in [6.45, 7) is 3.22. The van der Waals surface area contributed by atoms with Gasteiger partial charge in [0.2, 0.25) is 10.0 Å². The smallest absolute Gasteiger partial charge is 0.324 e. The summed E-state index contributed by atoms with van der Waals surface area (Å²) in [5.74, 6) is -2.08. The first kappa shape index (κ1) is 20.3. The van der Waals surface area contributed by atoms with Crippen LogP contribution in [0.2, 0.25) is 5.15 Å². The average Bonchev–Trinajstić information content (AvgIpc) is 2.59. The first-order valence-electron chi connectivity index (χ1n) is 7.74. The first-order chi connectivity index (χ1) is 12.2. The summed E-state index contributed by atoms with van der Waals surface area (Å²) in [6, 6.07) is 6.95. The van der Waals surface area contributed by atoms with Crippen molar-refractivity contribution in [3.05, 3.63) is 59.1 Å². The van der Waals surface area contributed by atoms with Gasteiger partial charge in [0.1, 0.15) is 28.5 Å². The third kappa shape index (κ3) is 5.23. The topological polar surface area (TPSA) is 85.4 Å². The molecular weight excluding hydrogens is 383 g/mol. The van der Waals surface area contributed by atoms with Crippen LogP contribution in [0.15, 0.2) is 47.5 Å². The number of carbonyl (C=O) groups is 1. The zero-order chi connectivity index (χ0) is 19.3. The van der Waals surface area contributed by atoms with Crippen molar-refractivity contribution in [2.45, 2.75) is 31.4 Å². The van der Waals surface area contributed by atoms with Gasteiger partial charge in [-0.2, -0.15) is 4.72 Å². The number of benzene rings is 1. The second-order valence-corrected chi connectivity index (χ2v) is 7.94. The number of sulfonamides is 1. The van der Waals surface area contributed by atoms with Gasteiger partial charge >= 0.3 is 5.97 Å². The minimum Gasteiger partial charge on any atom is -0.460 e. The van der Waals surface area contributed by atoms with Crippen LogP contribution < -0.4 is 4.72 Å². The van der Waals surface area contributed by atoms with E-state index in [1.54, 1.807) is 26.0 Å². The molecule has 1 aromatic carbocycles. The molecular formula is C17H18ClFN2O4S. The lowest BCUT2D eigenvalue weighted by Crippen LogP contribution is -2.45. The van der Waals surface area contributed by atoms with Crippen LogP contribution in [0.1, 0.15) is 19.4 Å². The van der Waals surface area contributed by atoms with Gasteiger partial charge in [0.15, 0.2) is 0 Å². The minimum absolute atomic E-state index is 0.0896. The van der Waals surface area contributed by atoms with Crippen molar-refractivity contribution in [3.8, 4) is 0 Å². The molecule has 2 aromatic rings. The number of pyridine rings is 1. The molecule has 0 saturated heterocycles. The van der Waals surface area contributed by atoms with Crippen molar-refractivity contribution in [1.82, 2.24) is 9.71 Å². The van der Waals surface area contributed by atoms with Crippen molar-refractivity contribution < 1.29 is 22.3 Å². The summed E-state index contributed by atoms with van der Waals surface area (Å²) in [4.78, 5) is 15.7. The summed E-state index contributed by atoms with van der Waals surface area (Å²) in [6.07, 6.45) is 1.45. The van der Waals surface area contributed by atoms with Crippen LogP contribution in [0.25, 0.3) is 0 Å². The van der Waals surface area contributed by atoms with E-state index in [0.717, 1.165) is 12.1 Å². The summed E-state index contributed by atoms with van der Waals surface area (Å²) >= 11 is 5.68. The van der Waals surface area contributed by atoms with Gasteiger partial charge in [-0.1, -0.05) is 43.6 Å². The molecule has 0 spiro atoms. The molecule has 140 valence electrons. The number of rotatable bonds is 7. The number of esters is 1. The lowest BCUT2D eigenvalue weighted by atomic mass is 10.1. The summed E-state index contributed by atoms with van der Waals surface area (Å²) in [5, 5.41) is 0.304. The molecule has 0 aliphatic carbocycles. The van der Waals surface area contributed by atoms with Crippen LogP contribution in [-0.4, -0.2) is 25.4 Å². The van der Waals surface area contributed by atoms with E-state index in [2.05, 4.69) is 9.71 Å². The number of nitrogens with one attached hydrogen (secondary N) is 1. The normalized spacial score (nSPS) is 12.8. The predicted molar refractivity (Wildman–Crippen MR) is 94.4 cm³/mol. The van der Waals surface area contributed by atoms with Gasteiger partial charge in [-0.15, -0.1) is 0 Å². The summed E-state index contributed by atoms with van der Waals surface area (Å²) in [7, 11) is -4.22. The van der Waals surface area contributed by atoms with Gasteiger partial charge in [-0.3, -0.25) is 4.79 Å². The third-order valence-corrected chi connectivity index (χ3v) is 5.20. The summed E-state index contributed by atoms with van der Waals surface area (Å²) < 4.78 is 46.0. The van der Waals surface area contributed by atoms with Gasteiger partial charge in [0.25, 0.3) is 0 Å². The van der Waals surface area contributed by atoms with Crippen LogP contribution in [0, 0.1) is 11.7 Å². The third-order valence-electron chi connectivity index (χ3n) is 3.50. The number of carbonyl (C=O) groups excluding carboxylic acids is 1. The molecule has 0 radical (unpaired) electrons. The molecule has 9 heteroatoms. The maximum atomic E-state index is 13.8. The largest absolute Gasteiger partial charge is 0.460 e. The van der Waals surface area contributed by atoms with E-state index in [4.69, 9.17) is 16.3 Å². The van der Waals surface area contributed by atoms with E-state index >= 15 is 0 Å². The number of hydrogen-bond acceptors (Lipinski definition) is 5. The molecule has 0 unspecified atom stereocenters. The van der Waals surface area contributed by atoms with Crippen LogP contribution in [0.4, 0.5) is 4.39 Å². The quantitative estimate of drug-likeness (QED) is 0.570. The molecule has 0 aliphatic heterocycles. The SMILES string of the molecule is CC(C)[C@H](NS(=O)(=O)c1ccccc1F)C(=O)OCc1ccc(Cl)nc1. The Kier molecular flexibility index (Phi) is 6.69. The fourth-order valence-electron chi connectivity index (χ4n) is 2.09. The van der Waals surface area contributed by atoms with E-state index in [1.165, 1.54) is 18.3 Å². The molecule has 1 heterocycles. The lowest BCUT2D eigenvalue weighted by Gasteiger charge is -2.21. The first-order valence-corrected chi connectivity index (χ1v) is 9.61. The molecule has 0 saturated carbocycles. The molecule has 1 N–H and O–H groups in total. The Morgan fingerprint density at radius 1 is 1.27 bits per heavy atom. The highest BCUT2D eigenvalue weighted by molar-refractivity contribution is 7.89. The number of ether oxygens (including phenoxy) is 1. The molecule has 6 nitrogen and oxygen atoms in total. The maximum Gasteiger partial charge on any atom is 0.324 e. The Balaban J connectivity index is 2.11. The van der Waals surface area contributed by atoms with Crippen molar-refractivity contribution >= 4 is 27.6 Å². The van der Waals surface area contributed by atoms with Crippen molar-refractivity contribution in [2.75, 3.05) is 0 Å². The number of nitrogens with zero attached hydrogens (tertiary/aromatic N) is 1. The molecule has 0 bridgehead atoms.